The Bertz CT molecular complexity index is 379. The van der Waals surface area contributed by atoms with Crippen LogP contribution in [0.1, 0.15) is 32.1 Å². The van der Waals surface area contributed by atoms with Crippen molar-refractivity contribution in [3.8, 4) is 0 Å². The van der Waals surface area contributed by atoms with E-state index >= 15 is 0 Å². The summed E-state index contributed by atoms with van der Waals surface area (Å²) in [4.78, 5) is 23.1. The smallest absolute Gasteiger partial charge is 0.471 e. The molecule has 108 valence electrons. The van der Waals surface area contributed by atoms with Gasteiger partial charge in [-0.1, -0.05) is 6.42 Å². The molecular formula is C12H16F3NO3. The molecule has 0 radical (unpaired) electrons. The van der Waals surface area contributed by atoms with Gasteiger partial charge in [-0.15, -0.1) is 0 Å². The van der Waals surface area contributed by atoms with Crippen molar-refractivity contribution in [1.29, 1.82) is 0 Å². The predicted molar refractivity (Wildman–Crippen MR) is 59.3 cm³/mol. The Labute approximate surface area is 108 Å². The lowest BCUT2D eigenvalue weighted by atomic mass is 9.74. The van der Waals surface area contributed by atoms with Crippen LogP contribution in [0.25, 0.3) is 0 Å². The maximum atomic E-state index is 12.6. The van der Waals surface area contributed by atoms with E-state index in [-0.39, 0.29) is 12.5 Å². The van der Waals surface area contributed by atoms with E-state index in [2.05, 4.69) is 0 Å². The first-order chi connectivity index (χ1) is 8.80. The molecule has 1 N–H and O–H groups in total. The molecule has 1 aliphatic heterocycles. The van der Waals surface area contributed by atoms with Crippen LogP contribution in [0.15, 0.2) is 0 Å². The number of nitrogens with zero attached hydrogens (tertiary/aromatic N) is 1. The number of halogens is 3. The molecule has 1 aliphatic carbocycles. The lowest BCUT2D eigenvalue weighted by molar-refractivity contribution is -0.193. The van der Waals surface area contributed by atoms with Crippen LogP contribution in [-0.4, -0.2) is 40.6 Å². The highest BCUT2D eigenvalue weighted by Crippen LogP contribution is 2.39. The van der Waals surface area contributed by atoms with Crippen molar-refractivity contribution < 1.29 is 27.9 Å². The first kappa shape index (κ1) is 14.1. The second-order valence-electron chi connectivity index (χ2n) is 5.33. The van der Waals surface area contributed by atoms with E-state index < -0.39 is 30.0 Å². The van der Waals surface area contributed by atoms with E-state index in [1.165, 1.54) is 0 Å². The molecule has 0 aromatic heterocycles. The van der Waals surface area contributed by atoms with E-state index in [4.69, 9.17) is 5.11 Å². The number of hydrogen-bond donors (Lipinski definition) is 1. The number of carboxylic acids is 1. The quantitative estimate of drug-likeness (QED) is 0.841. The van der Waals surface area contributed by atoms with Crippen molar-refractivity contribution in [3.05, 3.63) is 0 Å². The first-order valence-electron chi connectivity index (χ1n) is 6.41. The summed E-state index contributed by atoms with van der Waals surface area (Å²) >= 11 is 0. The molecule has 2 unspecified atom stereocenters. The third-order valence-electron chi connectivity index (χ3n) is 4.17. The van der Waals surface area contributed by atoms with Gasteiger partial charge in [0.1, 0.15) is 0 Å². The first-order valence-corrected chi connectivity index (χ1v) is 6.41. The number of carbonyl (C=O) groups excluding carboxylic acids is 1. The number of carbonyl (C=O) groups is 2. The van der Waals surface area contributed by atoms with E-state index in [0.717, 1.165) is 24.2 Å². The summed E-state index contributed by atoms with van der Waals surface area (Å²) in [7, 11) is 0. The molecule has 2 atom stereocenters. The third kappa shape index (κ3) is 2.84. The van der Waals surface area contributed by atoms with Crippen LogP contribution in [0, 0.1) is 11.8 Å². The fraction of sp³-hybridized carbons (Fsp3) is 0.833. The topological polar surface area (TPSA) is 57.6 Å². The molecular weight excluding hydrogens is 263 g/mol. The Morgan fingerprint density at radius 1 is 1.11 bits per heavy atom. The fourth-order valence-corrected chi connectivity index (χ4v) is 2.90. The molecule has 0 aromatic rings. The zero-order valence-corrected chi connectivity index (χ0v) is 10.3. The molecule has 1 heterocycles. The average Bonchev–Trinajstić information content (AvgIpc) is 2.24. The van der Waals surface area contributed by atoms with Crippen molar-refractivity contribution in [2.45, 2.75) is 44.3 Å². The summed E-state index contributed by atoms with van der Waals surface area (Å²) in [6.07, 6.45) is -1.62. The summed E-state index contributed by atoms with van der Waals surface area (Å²) in [5.41, 5.74) is 0. The Hall–Kier alpha value is -1.27. The molecule has 4 nitrogen and oxygen atoms in total. The van der Waals surface area contributed by atoms with Gasteiger partial charge in [0.2, 0.25) is 0 Å². The molecule has 0 spiro atoms. The largest absolute Gasteiger partial charge is 0.481 e. The average molecular weight is 279 g/mol. The van der Waals surface area contributed by atoms with Crippen molar-refractivity contribution in [2.75, 3.05) is 6.54 Å². The van der Waals surface area contributed by atoms with Gasteiger partial charge in [0.05, 0.1) is 5.92 Å². The SMILES string of the molecule is O=C(O)C1CCC(C2CCC2)N(C(=O)C(F)(F)F)C1. The molecule has 0 aromatic carbocycles. The normalized spacial score (nSPS) is 28.9. The molecule has 19 heavy (non-hydrogen) atoms. The summed E-state index contributed by atoms with van der Waals surface area (Å²) < 4.78 is 37.7. The number of aliphatic carboxylic acids is 1. The minimum Gasteiger partial charge on any atom is -0.481 e. The van der Waals surface area contributed by atoms with Crippen LogP contribution in [0.2, 0.25) is 0 Å². The highest BCUT2D eigenvalue weighted by Gasteiger charge is 2.49. The minimum absolute atomic E-state index is 0.0982. The maximum Gasteiger partial charge on any atom is 0.471 e. The van der Waals surface area contributed by atoms with Gasteiger partial charge in [-0.3, -0.25) is 9.59 Å². The molecule has 1 amide bonds. The van der Waals surface area contributed by atoms with Crippen molar-refractivity contribution in [3.63, 3.8) is 0 Å². The van der Waals surface area contributed by atoms with E-state index in [9.17, 15) is 22.8 Å². The third-order valence-corrected chi connectivity index (χ3v) is 4.17. The van der Waals surface area contributed by atoms with E-state index in [0.29, 0.717) is 12.8 Å². The standard InChI is InChI=1S/C12H16F3NO3/c13-12(14,15)11(19)16-6-8(10(17)18)4-5-9(16)7-2-1-3-7/h7-9H,1-6H2,(H,17,18). The molecule has 1 saturated carbocycles. The van der Waals surface area contributed by atoms with Gasteiger partial charge in [-0.2, -0.15) is 13.2 Å². The summed E-state index contributed by atoms with van der Waals surface area (Å²) in [5.74, 6) is -3.81. The summed E-state index contributed by atoms with van der Waals surface area (Å²) in [5, 5.41) is 8.92. The fourth-order valence-electron chi connectivity index (χ4n) is 2.90. The van der Waals surface area contributed by atoms with Crippen LogP contribution in [0.5, 0.6) is 0 Å². The summed E-state index contributed by atoms with van der Waals surface area (Å²) in [6.45, 7) is -0.325. The van der Waals surface area contributed by atoms with Gasteiger partial charge in [0, 0.05) is 12.6 Å². The Balaban J connectivity index is 2.15. The summed E-state index contributed by atoms with van der Waals surface area (Å²) in [6, 6.07) is -0.446. The second kappa shape index (κ2) is 5.02. The molecule has 2 fully saturated rings. The van der Waals surface area contributed by atoms with Gasteiger partial charge >= 0.3 is 18.1 Å². The van der Waals surface area contributed by atoms with Gasteiger partial charge in [0.15, 0.2) is 0 Å². The molecule has 2 aliphatic rings. The number of likely N-dealkylation sites (tertiary alicyclic amines) is 1. The number of piperidine rings is 1. The van der Waals surface area contributed by atoms with Crippen molar-refractivity contribution in [2.24, 2.45) is 11.8 Å². The number of alkyl halides is 3. The van der Waals surface area contributed by atoms with Crippen LogP contribution in [0.4, 0.5) is 13.2 Å². The van der Waals surface area contributed by atoms with Gasteiger partial charge in [-0.05, 0) is 31.6 Å². The zero-order valence-electron chi connectivity index (χ0n) is 10.3. The monoisotopic (exact) mass is 279 g/mol. The van der Waals surface area contributed by atoms with Crippen LogP contribution >= 0.6 is 0 Å². The Kier molecular flexibility index (Phi) is 3.73. The van der Waals surface area contributed by atoms with Crippen LogP contribution < -0.4 is 0 Å². The molecule has 7 heteroatoms. The van der Waals surface area contributed by atoms with E-state index in [1.807, 2.05) is 0 Å². The second-order valence-corrected chi connectivity index (χ2v) is 5.33. The lowest BCUT2D eigenvalue weighted by Gasteiger charge is -2.45. The molecule has 1 saturated heterocycles. The van der Waals surface area contributed by atoms with Gasteiger partial charge in [-0.25, -0.2) is 0 Å². The van der Waals surface area contributed by atoms with Crippen LogP contribution in [-0.2, 0) is 9.59 Å². The maximum absolute atomic E-state index is 12.6. The number of hydrogen-bond acceptors (Lipinski definition) is 2. The van der Waals surface area contributed by atoms with Crippen LogP contribution in [0.3, 0.4) is 0 Å². The number of carboxylic acid groups (broad SMARTS) is 1. The van der Waals surface area contributed by atoms with E-state index in [1.54, 1.807) is 0 Å². The Morgan fingerprint density at radius 3 is 2.16 bits per heavy atom. The van der Waals surface area contributed by atoms with Crippen molar-refractivity contribution >= 4 is 11.9 Å². The highest BCUT2D eigenvalue weighted by atomic mass is 19.4. The Morgan fingerprint density at radius 2 is 1.74 bits per heavy atom. The highest BCUT2D eigenvalue weighted by molar-refractivity contribution is 5.83. The molecule has 0 bridgehead atoms. The zero-order chi connectivity index (χ0) is 14.2. The predicted octanol–water partition coefficient (Wildman–Crippen LogP) is 2.04. The molecule has 2 rings (SSSR count). The van der Waals surface area contributed by atoms with Gasteiger partial charge < -0.3 is 10.0 Å². The van der Waals surface area contributed by atoms with Crippen molar-refractivity contribution in [1.82, 2.24) is 4.90 Å². The lowest BCUT2D eigenvalue weighted by Crippen LogP contribution is -2.56. The number of amides is 1. The number of rotatable bonds is 2. The minimum atomic E-state index is -4.93. The van der Waals surface area contributed by atoms with Gasteiger partial charge in [0.25, 0.3) is 0 Å².